The van der Waals surface area contributed by atoms with Crippen LogP contribution in [-0.4, -0.2) is 21.8 Å². The summed E-state index contributed by atoms with van der Waals surface area (Å²) in [6.45, 7) is 11.8. The van der Waals surface area contributed by atoms with Gasteiger partial charge in [0.1, 0.15) is 12.0 Å². The molecule has 0 aromatic heterocycles. The highest BCUT2D eigenvalue weighted by molar-refractivity contribution is 6.48. The fraction of sp³-hybridized carbons (Fsp3) is 0.625. The highest BCUT2D eigenvalue weighted by atomic mass is 28.3. The predicted octanol–water partition coefficient (Wildman–Crippen LogP) is 3.87. The molecule has 5 heteroatoms. The summed E-state index contributed by atoms with van der Waals surface area (Å²) >= 11 is 0. The van der Waals surface area contributed by atoms with Gasteiger partial charge >= 0.3 is 0 Å². The number of hydrogen-bond donors (Lipinski definition) is 1. The van der Waals surface area contributed by atoms with E-state index in [1.807, 2.05) is 0 Å². The van der Waals surface area contributed by atoms with Gasteiger partial charge in [-0.05, 0) is 43.1 Å². The summed E-state index contributed by atoms with van der Waals surface area (Å²) < 4.78 is 20.5. The van der Waals surface area contributed by atoms with E-state index in [-0.39, 0.29) is 17.5 Å². The molecule has 1 unspecified atom stereocenters. The third-order valence-corrected chi connectivity index (χ3v) is 4.80. The van der Waals surface area contributed by atoms with Gasteiger partial charge in [0.05, 0.1) is 5.69 Å². The number of anilines is 2. The van der Waals surface area contributed by atoms with Crippen LogP contribution < -0.4 is 10.6 Å². The zero-order valence-electron chi connectivity index (χ0n) is 13.6. The monoisotopic (exact) mass is 309 g/mol. The first-order chi connectivity index (χ1) is 9.70. The molecule has 2 rings (SSSR count). The Hall–Kier alpha value is -1.07. The van der Waals surface area contributed by atoms with Gasteiger partial charge in [0.25, 0.3) is 0 Å². The molecule has 1 aromatic carbocycles. The molecule has 1 fully saturated rings. The summed E-state index contributed by atoms with van der Waals surface area (Å²) in [5.74, 6) is 0.133. The second-order valence-electron chi connectivity index (χ2n) is 7.08. The lowest BCUT2D eigenvalue weighted by Crippen LogP contribution is -2.42. The molecule has 2 N–H and O–H groups in total. The van der Waals surface area contributed by atoms with E-state index >= 15 is 0 Å². The second kappa shape index (κ2) is 5.97. The molecule has 1 aliphatic heterocycles. The predicted molar refractivity (Wildman–Crippen MR) is 88.1 cm³/mol. The van der Waals surface area contributed by atoms with Crippen molar-refractivity contribution in [2.45, 2.75) is 46.5 Å². The van der Waals surface area contributed by atoms with Crippen LogP contribution in [0.5, 0.6) is 0 Å². The van der Waals surface area contributed by atoms with Crippen molar-refractivity contribution in [3.63, 3.8) is 0 Å². The normalized spacial score (nSPS) is 23.1. The Kier molecular flexibility index (Phi) is 4.63. The molecule has 1 aromatic rings. The Morgan fingerprint density at radius 2 is 2.00 bits per heavy atom. The van der Waals surface area contributed by atoms with Gasteiger partial charge in [-0.15, -0.1) is 0 Å². The molecule has 0 amide bonds. The minimum absolute atomic E-state index is 0.0491. The number of nitrogens with zero attached hydrogens (tertiary/aromatic N) is 1. The summed E-state index contributed by atoms with van der Waals surface area (Å²) in [5.41, 5.74) is 6.85. The van der Waals surface area contributed by atoms with Crippen LogP contribution in [0.4, 0.5) is 15.8 Å². The van der Waals surface area contributed by atoms with Gasteiger partial charge in [0, 0.05) is 18.2 Å². The first-order valence-corrected chi connectivity index (χ1v) is 9.89. The number of nitrogens with two attached hydrogens (primary N) is 1. The molecule has 2 atom stereocenters. The average molecular weight is 309 g/mol. The molecule has 1 saturated heterocycles. The molecule has 0 saturated carbocycles. The minimum Gasteiger partial charge on any atom is -0.399 e. The molecule has 1 heterocycles. The number of halogens is 1. The van der Waals surface area contributed by atoms with Gasteiger partial charge in [0.15, 0.2) is 0 Å². The van der Waals surface area contributed by atoms with E-state index in [2.05, 4.69) is 38.8 Å². The number of nitrogen functional groups attached to an aromatic ring is 1. The quantitative estimate of drug-likeness (QED) is 0.680. The minimum atomic E-state index is -0.859. The van der Waals surface area contributed by atoms with Crippen molar-refractivity contribution in [3.8, 4) is 0 Å². The molecule has 1 aliphatic rings. The molecular formula is C16H26FN2OSi. The SMILES string of the molecule is C[Si](C)OC1[C@@H](C(C)(C)C)CCN1c1ccc(N)cc1F. The highest BCUT2D eigenvalue weighted by Crippen LogP contribution is 2.42. The Balaban J connectivity index is 2.33. The number of rotatable bonds is 3. The standard InChI is InChI=1S/C16H26FN2OSi/c1-16(2,3)12-8-9-19(15(12)20-21(4)5)14-7-6-11(18)10-13(14)17/h6-7,10,12,15H,8-9,18H2,1-5H3/t12-,15?/m0/s1. The fourth-order valence-corrected chi connectivity index (χ4v) is 3.80. The molecule has 3 nitrogen and oxygen atoms in total. The summed E-state index contributed by atoms with van der Waals surface area (Å²) in [4.78, 5) is 2.07. The Morgan fingerprint density at radius 3 is 2.52 bits per heavy atom. The molecule has 0 bridgehead atoms. The van der Waals surface area contributed by atoms with Crippen LogP contribution in [0.2, 0.25) is 13.1 Å². The first-order valence-electron chi connectivity index (χ1n) is 7.48. The maximum absolute atomic E-state index is 14.3. The molecule has 1 radical (unpaired) electrons. The number of hydrogen-bond acceptors (Lipinski definition) is 3. The van der Waals surface area contributed by atoms with Crippen LogP contribution in [0.25, 0.3) is 0 Å². The lowest BCUT2D eigenvalue weighted by atomic mass is 9.79. The second-order valence-corrected chi connectivity index (χ2v) is 9.13. The van der Waals surface area contributed by atoms with Gasteiger partial charge in [0.2, 0.25) is 9.04 Å². The summed E-state index contributed by atoms with van der Waals surface area (Å²) in [6, 6.07) is 4.91. The lowest BCUT2D eigenvalue weighted by Gasteiger charge is -2.37. The van der Waals surface area contributed by atoms with Crippen molar-refractivity contribution in [1.29, 1.82) is 0 Å². The first kappa shape index (κ1) is 16.3. The van der Waals surface area contributed by atoms with Crippen molar-refractivity contribution in [2.75, 3.05) is 17.2 Å². The lowest BCUT2D eigenvalue weighted by molar-refractivity contribution is 0.0884. The summed E-state index contributed by atoms with van der Waals surface area (Å²) in [5, 5.41) is 0. The van der Waals surface area contributed by atoms with Crippen molar-refractivity contribution < 1.29 is 8.82 Å². The van der Waals surface area contributed by atoms with E-state index in [0.29, 0.717) is 17.3 Å². The Bertz CT molecular complexity index is 502. The Morgan fingerprint density at radius 1 is 1.33 bits per heavy atom. The topological polar surface area (TPSA) is 38.5 Å². The summed E-state index contributed by atoms with van der Waals surface area (Å²) in [7, 11) is -0.859. The van der Waals surface area contributed by atoms with Crippen LogP contribution in [0.15, 0.2) is 18.2 Å². The number of benzene rings is 1. The molecule has 21 heavy (non-hydrogen) atoms. The molecule has 0 aliphatic carbocycles. The fourth-order valence-electron chi connectivity index (χ4n) is 3.03. The van der Waals surface area contributed by atoms with Gasteiger partial charge in [-0.2, -0.15) is 0 Å². The van der Waals surface area contributed by atoms with Gasteiger partial charge in [-0.1, -0.05) is 20.8 Å². The van der Waals surface area contributed by atoms with E-state index in [0.717, 1.165) is 13.0 Å². The van der Waals surface area contributed by atoms with E-state index in [1.54, 1.807) is 12.1 Å². The maximum Gasteiger partial charge on any atom is 0.207 e. The van der Waals surface area contributed by atoms with Crippen LogP contribution >= 0.6 is 0 Å². The van der Waals surface area contributed by atoms with E-state index in [1.165, 1.54) is 6.07 Å². The molecular weight excluding hydrogens is 283 g/mol. The van der Waals surface area contributed by atoms with E-state index in [4.69, 9.17) is 10.2 Å². The zero-order valence-corrected chi connectivity index (χ0v) is 14.6. The van der Waals surface area contributed by atoms with E-state index in [9.17, 15) is 4.39 Å². The maximum atomic E-state index is 14.3. The van der Waals surface area contributed by atoms with Crippen molar-refractivity contribution in [1.82, 2.24) is 0 Å². The Labute approximate surface area is 129 Å². The van der Waals surface area contributed by atoms with Crippen molar-refractivity contribution in [2.24, 2.45) is 11.3 Å². The van der Waals surface area contributed by atoms with Crippen LogP contribution in [0.3, 0.4) is 0 Å². The largest absolute Gasteiger partial charge is 0.399 e. The van der Waals surface area contributed by atoms with Gasteiger partial charge in [-0.25, -0.2) is 4.39 Å². The van der Waals surface area contributed by atoms with Crippen LogP contribution in [0, 0.1) is 17.2 Å². The van der Waals surface area contributed by atoms with E-state index < -0.39 is 9.04 Å². The average Bonchev–Trinajstić information content (AvgIpc) is 2.71. The third-order valence-electron chi connectivity index (χ3n) is 4.08. The van der Waals surface area contributed by atoms with Gasteiger partial charge in [-0.3, -0.25) is 0 Å². The smallest absolute Gasteiger partial charge is 0.207 e. The highest BCUT2D eigenvalue weighted by Gasteiger charge is 2.42. The zero-order chi connectivity index (χ0) is 15.8. The molecule has 0 spiro atoms. The summed E-state index contributed by atoms with van der Waals surface area (Å²) in [6.07, 6.45) is 0.972. The van der Waals surface area contributed by atoms with Gasteiger partial charge < -0.3 is 15.1 Å². The van der Waals surface area contributed by atoms with Crippen molar-refractivity contribution >= 4 is 20.4 Å². The third kappa shape index (κ3) is 3.58. The van der Waals surface area contributed by atoms with Crippen LogP contribution in [0.1, 0.15) is 27.2 Å². The van der Waals surface area contributed by atoms with Crippen LogP contribution in [-0.2, 0) is 4.43 Å². The molecule has 117 valence electrons. The van der Waals surface area contributed by atoms with Crippen molar-refractivity contribution in [3.05, 3.63) is 24.0 Å².